The summed E-state index contributed by atoms with van der Waals surface area (Å²) >= 11 is 7.32. The highest BCUT2D eigenvalue weighted by molar-refractivity contribution is 7.13. The van der Waals surface area contributed by atoms with Crippen LogP contribution in [0.3, 0.4) is 0 Å². The summed E-state index contributed by atoms with van der Waals surface area (Å²) in [5.41, 5.74) is 1.90. The van der Waals surface area contributed by atoms with Crippen molar-refractivity contribution in [1.29, 1.82) is 0 Å². The van der Waals surface area contributed by atoms with Crippen molar-refractivity contribution in [2.45, 2.75) is 6.92 Å². The number of hydrogen-bond donors (Lipinski definition) is 0. The van der Waals surface area contributed by atoms with E-state index in [1.54, 1.807) is 17.5 Å². The Labute approximate surface area is 85.2 Å². The van der Waals surface area contributed by atoms with E-state index < -0.39 is 0 Å². The van der Waals surface area contributed by atoms with E-state index in [9.17, 15) is 0 Å². The molecule has 4 heteroatoms. The fourth-order valence-electron chi connectivity index (χ4n) is 0.974. The molecule has 0 aliphatic carbocycles. The Morgan fingerprint density at radius 3 is 2.77 bits per heavy atom. The van der Waals surface area contributed by atoms with Crippen LogP contribution in [0.4, 0.5) is 0 Å². The van der Waals surface area contributed by atoms with Gasteiger partial charge in [0.25, 0.3) is 0 Å². The van der Waals surface area contributed by atoms with Gasteiger partial charge in [0, 0.05) is 17.3 Å². The molecule has 0 amide bonds. The Morgan fingerprint density at radius 1 is 1.38 bits per heavy atom. The zero-order valence-electron chi connectivity index (χ0n) is 6.99. The number of rotatable bonds is 1. The number of thiazole rings is 1. The number of halogens is 1. The number of pyridine rings is 1. The summed E-state index contributed by atoms with van der Waals surface area (Å²) in [6.45, 7) is 1.97. The Hall–Kier alpha value is -0.930. The minimum atomic E-state index is 0.650. The molecule has 0 saturated carbocycles. The highest BCUT2D eigenvalue weighted by atomic mass is 35.5. The van der Waals surface area contributed by atoms with E-state index in [4.69, 9.17) is 11.6 Å². The molecule has 0 aliphatic rings. The highest BCUT2D eigenvalue weighted by Gasteiger charge is 2.02. The first-order chi connectivity index (χ1) is 6.25. The first-order valence-corrected chi connectivity index (χ1v) is 5.05. The lowest BCUT2D eigenvalue weighted by Gasteiger charge is -1.93. The van der Waals surface area contributed by atoms with Crippen LogP contribution in [0, 0.1) is 6.92 Å². The minimum Gasteiger partial charge on any atom is -0.252 e. The Kier molecular flexibility index (Phi) is 2.29. The number of hydrogen-bond acceptors (Lipinski definition) is 3. The summed E-state index contributed by atoms with van der Waals surface area (Å²) in [5, 5.41) is 3.59. The van der Waals surface area contributed by atoms with Crippen LogP contribution in [-0.2, 0) is 0 Å². The molecule has 0 saturated heterocycles. The maximum atomic E-state index is 5.72. The van der Waals surface area contributed by atoms with E-state index in [1.807, 2.05) is 24.4 Å². The lowest BCUT2D eigenvalue weighted by atomic mass is 10.4. The molecule has 2 nitrogen and oxygen atoms in total. The topological polar surface area (TPSA) is 25.8 Å². The zero-order valence-corrected chi connectivity index (χ0v) is 8.56. The van der Waals surface area contributed by atoms with Gasteiger partial charge in [-0.05, 0) is 19.1 Å². The summed E-state index contributed by atoms with van der Waals surface area (Å²) in [6, 6.07) is 3.70. The molecule has 2 heterocycles. The second-order valence-corrected chi connectivity index (χ2v) is 3.95. The fourth-order valence-corrected chi connectivity index (χ4v) is 1.86. The fraction of sp³-hybridized carbons (Fsp3) is 0.111. The molecule has 0 aliphatic heterocycles. The lowest BCUT2D eigenvalue weighted by molar-refractivity contribution is 1.23. The quantitative estimate of drug-likeness (QED) is 0.723. The van der Waals surface area contributed by atoms with Crippen LogP contribution < -0.4 is 0 Å². The third-order valence-electron chi connectivity index (χ3n) is 1.57. The maximum absolute atomic E-state index is 5.72. The van der Waals surface area contributed by atoms with Crippen molar-refractivity contribution >= 4 is 22.9 Å². The van der Waals surface area contributed by atoms with Gasteiger partial charge in [-0.2, -0.15) is 0 Å². The molecule has 2 aromatic heterocycles. The number of aromatic nitrogens is 2. The van der Waals surface area contributed by atoms with Gasteiger partial charge in [0.05, 0.1) is 10.7 Å². The molecule has 0 radical (unpaired) electrons. The van der Waals surface area contributed by atoms with Crippen molar-refractivity contribution in [1.82, 2.24) is 9.97 Å². The summed E-state index contributed by atoms with van der Waals surface area (Å²) in [5.74, 6) is 0. The molecule has 0 unspecified atom stereocenters. The molecule has 0 bridgehead atoms. The molecule has 2 rings (SSSR count). The normalized spacial score (nSPS) is 10.3. The van der Waals surface area contributed by atoms with E-state index in [1.165, 1.54) is 0 Å². The van der Waals surface area contributed by atoms with Gasteiger partial charge in [-0.25, -0.2) is 4.98 Å². The standard InChI is InChI=1S/C9H7ClN2S/c1-6-5-13-9(12-6)8-3-2-7(10)4-11-8/h2-5H,1H3. The van der Waals surface area contributed by atoms with Gasteiger partial charge < -0.3 is 0 Å². The molecule has 0 spiro atoms. The van der Waals surface area contributed by atoms with E-state index in [0.29, 0.717) is 5.02 Å². The molecule has 0 atom stereocenters. The second kappa shape index (κ2) is 3.44. The molecule has 13 heavy (non-hydrogen) atoms. The largest absolute Gasteiger partial charge is 0.252 e. The number of nitrogens with zero attached hydrogens (tertiary/aromatic N) is 2. The summed E-state index contributed by atoms with van der Waals surface area (Å²) in [6.07, 6.45) is 1.63. The highest BCUT2D eigenvalue weighted by Crippen LogP contribution is 2.22. The predicted molar refractivity (Wildman–Crippen MR) is 55.1 cm³/mol. The minimum absolute atomic E-state index is 0.650. The van der Waals surface area contributed by atoms with Crippen LogP contribution in [0.2, 0.25) is 5.02 Å². The van der Waals surface area contributed by atoms with E-state index >= 15 is 0 Å². The molecule has 66 valence electrons. The SMILES string of the molecule is Cc1csc(-c2ccc(Cl)cn2)n1. The average molecular weight is 211 g/mol. The molecule has 0 N–H and O–H groups in total. The van der Waals surface area contributed by atoms with Crippen molar-refractivity contribution in [3.63, 3.8) is 0 Å². The zero-order chi connectivity index (χ0) is 9.26. The van der Waals surface area contributed by atoms with Gasteiger partial charge in [-0.3, -0.25) is 4.98 Å². The molecular formula is C9H7ClN2S. The van der Waals surface area contributed by atoms with Crippen LogP contribution in [0.25, 0.3) is 10.7 Å². The number of aryl methyl sites for hydroxylation is 1. The van der Waals surface area contributed by atoms with Gasteiger partial charge in [0.15, 0.2) is 0 Å². The third kappa shape index (κ3) is 1.87. The van der Waals surface area contributed by atoms with Crippen molar-refractivity contribution in [3.8, 4) is 10.7 Å². The first-order valence-electron chi connectivity index (χ1n) is 3.80. The van der Waals surface area contributed by atoms with Gasteiger partial charge in [-0.1, -0.05) is 11.6 Å². The van der Waals surface area contributed by atoms with Crippen LogP contribution in [-0.4, -0.2) is 9.97 Å². The lowest BCUT2D eigenvalue weighted by Crippen LogP contribution is -1.81. The van der Waals surface area contributed by atoms with Crippen LogP contribution in [0.1, 0.15) is 5.69 Å². The monoisotopic (exact) mass is 210 g/mol. The second-order valence-electron chi connectivity index (χ2n) is 2.66. The molecule has 2 aromatic rings. The first kappa shape index (κ1) is 8.66. The third-order valence-corrected chi connectivity index (χ3v) is 2.77. The van der Waals surface area contributed by atoms with Crippen molar-refractivity contribution < 1.29 is 0 Å². The Morgan fingerprint density at radius 2 is 2.23 bits per heavy atom. The van der Waals surface area contributed by atoms with Crippen LogP contribution in [0.5, 0.6) is 0 Å². The van der Waals surface area contributed by atoms with Gasteiger partial charge >= 0.3 is 0 Å². The van der Waals surface area contributed by atoms with Gasteiger partial charge in [-0.15, -0.1) is 11.3 Å². The van der Waals surface area contributed by atoms with Crippen molar-refractivity contribution in [2.24, 2.45) is 0 Å². The Balaban J connectivity index is 2.41. The summed E-state index contributed by atoms with van der Waals surface area (Å²) in [7, 11) is 0. The molecular weight excluding hydrogens is 204 g/mol. The average Bonchev–Trinajstić information content (AvgIpc) is 2.53. The van der Waals surface area contributed by atoms with E-state index in [2.05, 4.69) is 9.97 Å². The van der Waals surface area contributed by atoms with Gasteiger partial charge in [0.1, 0.15) is 5.01 Å². The van der Waals surface area contributed by atoms with Crippen molar-refractivity contribution in [2.75, 3.05) is 0 Å². The molecule has 0 fully saturated rings. The van der Waals surface area contributed by atoms with Crippen LogP contribution in [0.15, 0.2) is 23.7 Å². The van der Waals surface area contributed by atoms with Crippen LogP contribution >= 0.6 is 22.9 Å². The van der Waals surface area contributed by atoms with E-state index in [0.717, 1.165) is 16.4 Å². The van der Waals surface area contributed by atoms with E-state index in [-0.39, 0.29) is 0 Å². The summed E-state index contributed by atoms with van der Waals surface area (Å²) < 4.78 is 0. The van der Waals surface area contributed by atoms with Gasteiger partial charge in [0.2, 0.25) is 0 Å². The summed E-state index contributed by atoms with van der Waals surface area (Å²) in [4.78, 5) is 8.50. The Bertz CT molecular complexity index is 408. The molecule has 0 aromatic carbocycles. The smallest absolute Gasteiger partial charge is 0.142 e. The maximum Gasteiger partial charge on any atom is 0.142 e. The van der Waals surface area contributed by atoms with Crippen molar-refractivity contribution in [3.05, 3.63) is 34.4 Å². The predicted octanol–water partition coefficient (Wildman–Crippen LogP) is 3.17.